The van der Waals surface area contributed by atoms with Crippen molar-refractivity contribution in [1.82, 2.24) is 4.90 Å². The van der Waals surface area contributed by atoms with E-state index in [9.17, 15) is 4.79 Å². The van der Waals surface area contributed by atoms with Crippen molar-refractivity contribution < 1.29 is 4.79 Å². The van der Waals surface area contributed by atoms with Gasteiger partial charge in [-0.05, 0) is 59.9 Å². The Morgan fingerprint density at radius 3 is 2.72 bits per heavy atom. The Hall–Kier alpha value is -1.80. The van der Waals surface area contributed by atoms with Crippen LogP contribution in [0.3, 0.4) is 0 Å². The van der Waals surface area contributed by atoms with E-state index in [1.54, 1.807) is 0 Å². The zero-order valence-corrected chi connectivity index (χ0v) is 15.0. The van der Waals surface area contributed by atoms with Gasteiger partial charge < -0.3 is 4.90 Å². The zero-order valence-electron chi connectivity index (χ0n) is 14.2. The van der Waals surface area contributed by atoms with Crippen LogP contribution in [0.1, 0.15) is 41.9 Å². The van der Waals surface area contributed by atoms with Crippen molar-refractivity contribution in [3.8, 4) is 0 Å². The van der Waals surface area contributed by atoms with Crippen LogP contribution in [0.5, 0.6) is 0 Å². The predicted molar refractivity (Wildman–Crippen MR) is 99.5 cm³/mol. The molecule has 0 aromatic heterocycles. The van der Waals surface area contributed by atoms with Gasteiger partial charge in [-0.25, -0.2) is 0 Å². The normalized spacial score (nSPS) is 30.1. The highest BCUT2D eigenvalue weighted by Gasteiger charge is 2.54. The van der Waals surface area contributed by atoms with E-state index in [4.69, 9.17) is 11.6 Å². The first kappa shape index (κ1) is 15.5. The molecule has 2 aromatic carbocycles. The highest BCUT2D eigenvalue weighted by Crippen LogP contribution is 2.53. The molecule has 3 heteroatoms. The van der Waals surface area contributed by atoms with E-state index >= 15 is 0 Å². The van der Waals surface area contributed by atoms with Gasteiger partial charge in [0.1, 0.15) is 0 Å². The van der Waals surface area contributed by atoms with E-state index in [-0.39, 0.29) is 5.92 Å². The SMILES string of the molecule is O=C1[C@H]2Cc3ccc(Cl)cc3[C@@H]3CCC[C@@H]([C@H]23)N1Cc1ccccc1. The third-order valence-electron chi connectivity index (χ3n) is 6.53. The molecule has 4 atom stereocenters. The van der Waals surface area contributed by atoms with Crippen molar-refractivity contribution in [3.63, 3.8) is 0 Å². The van der Waals surface area contributed by atoms with Gasteiger partial charge in [0.25, 0.3) is 0 Å². The summed E-state index contributed by atoms with van der Waals surface area (Å²) in [5.74, 6) is 1.49. The van der Waals surface area contributed by atoms with Crippen molar-refractivity contribution in [1.29, 1.82) is 0 Å². The Morgan fingerprint density at radius 2 is 1.88 bits per heavy atom. The second-order valence-corrected chi connectivity index (χ2v) is 8.22. The fourth-order valence-corrected chi connectivity index (χ4v) is 5.73. The maximum absolute atomic E-state index is 13.3. The van der Waals surface area contributed by atoms with Crippen molar-refractivity contribution in [2.75, 3.05) is 0 Å². The number of nitrogens with zero attached hydrogens (tertiary/aromatic N) is 1. The van der Waals surface area contributed by atoms with Crippen LogP contribution in [-0.2, 0) is 17.8 Å². The Morgan fingerprint density at radius 1 is 1.04 bits per heavy atom. The number of rotatable bonds is 2. The van der Waals surface area contributed by atoms with E-state index in [0.717, 1.165) is 24.4 Å². The van der Waals surface area contributed by atoms with Crippen LogP contribution in [0.15, 0.2) is 48.5 Å². The van der Waals surface area contributed by atoms with E-state index in [0.29, 0.717) is 23.8 Å². The number of benzene rings is 2. The summed E-state index contributed by atoms with van der Waals surface area (Å²) in [6.45, 7) is 0.751. The lowest BCUT2D eigenvalue weighted by Gasteiger charge is -2.41. The molecule has 1 saturated heterocycles. The molecule has 1 heterocycles. The first-order valence-electron chi connectivity index (χ1n) is 9.35. The molecule has 1 amide bonds. The Balaban J connectivity index is 1.52. The number of hydrogen-bond acceptors (Lipinski definition) is 1. The predicted octanol–water partition coefficient (Wildman–Crippen LogP) is 4.81. The van der Waals surface area contributed by atoms with Crippen molar-refractivity contribution in [3.05, 3.63) is 70.2 Å². The summed E-state index contributed by atoms with van der Waals surface area (Å²) in [6, 6.07) is 17.1. The average molecular weight is 352 g/mol. The van der Waals surface area contributed by atoms with Crippen molar-refractivity contribution in [2.45, 2.75) is 44.2 Å². The molecular formula is C22H22ClNO. The van der Waals surface area contributed by atoms with Crippen LogP contribution >= 0.6 is 11.6 Å². The van der Waals surface area contributed by atoms with Gasteiger partial charge in [0.05, 0.1) is 0 Å². The molecule has 1 saturated carbocycles. The number of carbonyl (C=O) groups excluding carboxylic acids is 1. The molecule has 5 rings (SSSR count). The van der Waals surface area contributed by atoms with Gasteiger partial charge in [-0.2, -0.15) is 0 Å². The lowest BCUT2D eigenvalue weighted by Crippen LogP contribution is -2.39. The smallest absolute Gasteiger partial charge is 0.226 e. The molecule has 0 bridgehead atoms. The summed E-state index contributed by atoms with van der Waals surface area (Å²) in [7, 11) is 0. The van der Waals surface area contributed by atoms with Crippen LogP contribution in [0.25, 0.3) is 0 Å². The number of hydrogen-bond donors (Lipinski definition) is 0. The molecular weight excluding hydrogens is 330 g/mol. The monoisotopic (exact) mass is 351 g/mol. The molecule has 3 aliphatic rings. The molecule has 2 aliphatic carbocycles. The molecule has 0 spiro atoms. The number of likely N-dealkylation sites (tertiary alicyclic amines) is 1. The number of carbonyl (C=O) groups is 1. The lowest BCUT2D eigenvalue weighted by atomic mass is 9.63. The fraction of sp³-hybridized carbons (Fsp3) is 0.409. The fourth-order valence-electron chi connectivity index (χ4n) is 5.55. The van der Waals surface area contributed by atoms with Crippen LogP contribution in [0, 0.1) is 11.8 Å². The maximum atomic E-state index is 13.3. The molecule has 25 heavy (non-hydrogen) atoms. The van der Waals surface area contributed by atoms with Crippen molar-refractivity contribution >= 4 is 17.5 Å². The van der Waals surface area contributed by atoms with Crippen LogP contribution in [-0.4, -0.2) is 16.8 Å². The molecule has 0 radical (unpaired) electrons. The number of fused-ring (bicyclic) bond motifs is 2. The Bertz CT molecular complexity index is 818. The van der Waals surface area contributed by atoms with Gasteiger partial charge in [0.2, 0.25) is 5.91 Å². The summed E-state index contributed by atoms with van der Waals surface area (Å²) in [4.78, 5) is 15.4. The third-order valence-corrected chi connectivity index (χ3v) is 6.77. The molecule has 2 fully saturated rings. The van der Waals surface area contributed by atoms with Crippen molar-refractivity contribution in [2.24, 2.45) is 11.8 Å². The standard InChI is InChI=1S/C22H22ClNO/c23-16-10-9-15-11-19-21-17(18(15)12-16)7-4-8-20(21)24(22(19)25)13-14-5-2-1-3-6-14/h1-3,5-6,9-10,12,17,19-21H,4,7-8,11,13H2/t17-,19-,20-,21-/m0/s1. The van der Waals surface area contributed by atoms with Gasteiger partial charge in [0, 0.05) is 23.5 Å². The van der Waals surface area contributed by atoms with Crippen LogP contribution in [0.2, 0.25) is 5.02 Å². The molecule has 2 nitrogen and oxygen atoms in total. The Labute approximate surface area is 153 Å². The molecule has 2 aromatic rings. The Kier molecular flexibility index (Phi) is 3.63. The van der Waals surface area contributed by atoms with Gasteiger partial charge in [-0.15, -0.1) is 0 Å². The summed E-state index contributed by atoms with van der Waals surface area (Å²) >= 11 is 6.28. The molecule has 0 unspecified atom stereocenters. The van der Waals surface area contributed by atoms with E-state index in [1.165, 1.54) is 29.5 Å². The average Bonchev–Trinajstić information content (AvgIpc) is 2.90. The summed E-state index contributed by atoms with van der Waals surface area (Å²) < 4.78 is 0. The molecule has 0 N–H and O–H groups in total. The maximum Gasteiger partial charge on any atom is 0.226 e. The van der Waals surface area contributed by atoms with Gasteiger partial charge in [-0.3, -0.25) is 4.79 Å². The first-order chi connectivity index (χ1) is 12.2. The van der Waals surface area contributed by atoms with Gasteiger partial charge in [0.15, 0.2) is 0 Å². The highest BCUT2D eigenvalue weighted by atomic mass is 35.5. The largest absolute Gasteiger partial charge is 0.335 e. The lowest BCUT2D eigenvalue weighted by molar-refractivity contribution is -0.132. The third kappa shape index (κ3) is 2.42. The highest BCUT2D eigenvalue weighted by molar-refractivity contribution is 6.30. The minimum absolute atomic E-state index is 0.160. The number of amides is 1. The van der Waals surface area contributed by atoms with E-state index < -0.39 is 0 Å². The second-order valence-electron chi connectivity index (χ2n) is 7.79. The van der Waals surface area contributed by atoms with Gasteiger partial charge >= 0.3 is 0 Å². The second kappa shape index (κ2) is 5.88. The van der Waals surface area contributed by atoms with Crippen LogP contribution in [0.4, 0.5) is 0 Å². The van der Waals surface area contributed by atoms with E-state index in [2.05, 4.69) is 41.3 Å². The quantitative estimate of drug-likeness (QED) is 0.760. The van der Waals surface area contributed by atoms with Gasteiger partial charge in [-0.1, -0.05) is 54.4 Å². The molecule has 128 valence electrons. The minimum Gasteiger partial charge on any atom is -0.335 e. The summed E-state index contributed by atoms with van der Waals surface area (Å²) in [5, 5.41) is 0.824. The molecule has 1 aliphatic heterocycles. The number of halogens is 1. The van der Waals surface area contributed by atoms with Crippen LogP contribution < -0.4 is 0 Å². The zero-order chi connectivity index (χ0) is 17.0. The topological polar surface area (TPSA) is 20.3 Å². The summed E-state index contributed by atoms with van der Waals surface area (Å²) in [6.07, 6.45) is 4.42. The summed E-state index contributed by atoms with van der Waals surface area (Å²) in [5.41, 5.74) is 3.98. The van der Waals surface area contributed by atoms with E-state index in [1.807, 2.05) is 12.1 Å². The first-order valence-corrected chi connectivity index (χ1v) is 9.73. The minimum atomic E-state index is 0.160.